The standard InChI is InChI=1S/C18H28O/c1-6-8-17(19)10-7-9-15-13-16(18(3,4)5)12-11-14(15)2/h11-13H,6-10H2,1-5H3. The molecule has 1 nitrogen and oxygen atoms in total. The summed E-state index contributed by atoms with van der Waals surface area (Å²) in [7, 11) is 0. The predicted octanol–water partition coefficient (Wildman–Crippen LogP) is 4.98. The molecule has 0 spiro atoms. The molecule has 0 aliphatic heterocycles. The van der Waals surface area contributed by atoms with E-state index in [1.54, 1.807) is 0 Å². The van der Waals surface area contributed by atoms with Gasteiger partial charge in [-0.1, -0.05) is 45.9 Å². The highest BCUT2D eigenvalue weighted by Crippen LogP contribution is 2.25. The van der Waals surface area contributed by atoms with Gasteiger partial charge in [-0.25, -0.2) is 0 Å². The van der Waals surface area contributed by atoms with Crippen LogP contribution in [-0.2, 0) is 16.6 Å². The molecule has 0 atom stereocenters. The first-order chi connectivity index (χ1) is 8.84. The Hall–Kier alpha value is -1.11. The molecule has 0 aliphatic carbocycles. The number of ketones is 1. The zero-order chi connectivity index (χ0) is 14.5. The van der Waals surface area contributed by atoms with Gasteiger partial charge in [0, 0.05) is 12.8 Å². The quantitative estimate of drug-likeness (QED) is 0.704. The lowest BCUT2D eigenvalue weighted by molar-refractivity contribution is -0.119. The lowest BCUT2D eigenvalue weighted by Crippen LogP contribution is -2.11. The van der Waals surface area contributed by atoms with Gasteiger partial charge < -0.3 is 0 Å². The molecule has 0 fully saturated rings. The van der Waals surface area contributed by atoms with Gasteiger partial charge in [0.05, 0.1) is 0 Å². The molecular weight excluding hydrogens is 232 g/mol. The number of carbonyl (C=O) groups excluding carboxylic acids is 1. The predicted molar refractivity (Wildman–Crippen MR) is 82.7 cm³/mol. The van der Waals surface area contributed by atoms with Crippen molar-refractivity contribution < 1.29 is 4.79 Å². The Balaban J connectivity index is 2.65. The van der Waals surface area contributed by atoms with E-state index in [-0.39, 0.29) is 5.41 Å². The minimum absolute atomic E-state index is 0.195. The first-order valence-corrected chi connectivity index (χ1v) is 7.46. The zero-order valence-electron chi connectivity index (χ0n) is 13.2. The van der Waals surface area contributed by atoms with Crippen LogP contribution in [0, 0.1) is 6.92 Å². The fourth-order valence-corrected chi connectivity index (χ4v) is 2.29. The van der Waals surface area contributed by atoms with Gasteiger partial charge in [0.1, 0.15) is 5.78 Å². The second-order valence-corrected chi connectivity index (χ2v) is 6.53. The van der Waals surface area contributed by atoms with Crippen molar-refractivity contribution >= 4 is 5.78 Å². The van der Waals surface area contributed by atoms with E-state index in [1.807, 2.05) is 0 Å². The second-order valence-electron chi connectivity index (χ2n) is 6.53. The molecule has 0 aromatic heterocycles. The minimum atomic E-state index is 0.195. The van der Waals surface area contributed by atoms with Gasteiger partial charge in [0.2, 0.25) is 0 Å². The van der Waals surface area contributed by atoms with Gasteiger partial charge in [-0.3, -0.25) is 4.79 Å². The topological polar surface area (TPSA) is 17.1 Å². The van der Waals surface area contributed by atoms with Crippen molar-refractivity contribution in [2.24, 2.45) is 0 Å². The zero-order valence-corrected chi connectivity index (χ0v) is 13.2. The minimum Gasteiger partial charge on any atom is -0.300 e. The molecule has 0 amide bonds. The molecule has 0 bridgehead atoms. The summed E-state index contributed by atoms with van der Waals surface area (Å²) in [6.45, 7) is 11.0. The van der Waals surface area contributed by atoms with Crippen LogP contribution < -0.4 is 0 Å². The van der Waals surface area contributed by atoms with Crippen LogP contribution in [0.3, 0.4) is 0 Å². The molecule has 0 N–H and O–H groups in total. The van der Waals surface area contributed by atoms with E-state index in [1.165, 1.54) is 16.7 Å². The van der Waals surface area contributed by atoms with Crippen LogP contribution in [0.5, 0.6) is 0 Å². The van der Waals surface area contributed by atoms with Crippen molar-refractivity contribution in [2.75, 3.05) is 0 Å². The summed E-state index contributed by atoms with van der Waals surface area (Å²) in [5.41, 5.74) is 4.32. The number of rotatable bonds is 6. The van der Waals surface area contributed by atoms with Gasteiger partial charge in [0.25, 0.3) is 0 Å². The molecule has 0 saturated carbocycles. The number of carbonyl (C=O) groups is 1. The van der Waals surface area contributed by atoms with Crippen LogP contribution in [0.15, 0.2) is 18.2 Å². The number of aryl methyl sites for hydroxylation is 2. The summed E-state index contributed by atoms with van der Waals surface area (Å²) in [4.78, 5) is 11.5. The number of Topliss-reactive ketones (excluding diaryl/α,β-unsaturated/α-hetero) is 1. The highest BCUT2D eigenvalue weighted by molar-refractivity contribution is 5.78. The Bertz CT molecular complexity index is 424. The van der Waals surface area contributed by atoms with E-state index in [2.05, 4.69) is 52.8 Å². The number of hydrogen-bond acceptors (Lipinski definition) is 1. The van der Waals surface area contributed by atoms with Gasteiger partial charge >= 0.3 is 0 Å². The highest BCUT2D eigenvalue weighted by atomic mass is 16.1. The Kier molecular flexibility index (Phi) is 5.78. The Labute approximate surface area is 118 Å². The van der Waals surface area contributed by atoms with Crippen molar-refractivity contribution in [3.63, 3.8) is 0 Å². The monoisotopic (exact) mass is 260 g/mol. The molecule has 0 saturated heterocycles. The van der Waals surface area contributed by atoms with Crippen molar-refractivity contribution in [3.05, 3.63) is 34.9 Å². The van der Waals surface area contributed by atoms with E-state index in [9.17, 15) is 4.79 Å². The molecule has 0 radical (unpaired) electrons. The summed E-state index contributed by atoms with van der Waals surface area (Å²) < 4.78 is 0. The molecule has 19 heavy (non-hydrogen) atoms. The second kappa shape index (κ2) is 6.88. The van der Waals surface area contributed by atoms with Gasteiger partial charge in [0.15, 0.2) is 0 Å². The van der Waals surface area contributed by atoms with Gasteiger partial charge in [-0.15, -0.1) is 0 Å². The molecule has 0 unspecified atom stereocenters. The van der Waals surface area contributed by atoms with Crippen molar-refractivity contribution in [1.29, 1.82) is 0 Å². The molecule has 0 heterocycles. The third kappa shape index (κ3) is 5.18. The number of benzene rings is 1. The largest absolute Gasteiger partial charge is 0.300 e. The maximum Gasteiger partial charge on any atom is 0.132 e. The lowest BCUT2D eigenvalue weighted by Gasteiger charge is -2.21. The fourth-order valence-electron chi connectivity index (χ4n) is 2.29. The third-order valence-corrected chi connectivity index (χ3v) is 3.65. The van der Waals surface area contributed by atoms with Crippen molar-refractivity contribution in [3.8, 4) is 0 Å². The van der Waals surface area contributed by atoms with Crippen LogP contribution in [0.2, 0.25) is 0 Å². The van der Waals surface area contributed by atoms with Gasteiger partial charge in [-0.2, -0.15) is 0 Å². The van der Waals surface area contributed by atoms with Crippen LogP contribution >= 0.6 is 0 Å². The average Bonchev–Trinajstić information content (AvgIpc) is 2.30. The molecule has 1 aromatic rings. The molecule has 1 rings (SSSR count). The molecule has 0 aliphatic rings. The molecular formula is C18H28O. The van der Waals surface area contributed by atoms with E-state index in [0.29, 0.717) is 5.78 Å². The van der Waals surface area contributed by atoms with Crippen molar-refractivity contribution in [1.82, 2.24) is 0 Å². The van der Waals surface area contributed by atoms with E-state index >= 15 is 0 Å². The Morgan fingerprint density at radius 3 is 2.42 bits per heavy atom. The third-order valence-electron chi connectivity index (χ3n) is 3.65. The van der Waals surface area contributed by atoms with E-state index < -0.39 is 0 Å². The smallest absolute Gasteiger partial charge is 0.132 e. The Morgan fingerprint density at radius 1 is 1.16 bits per heavy atom. The summed E-state index contributed by atoms with van der Waals surface area (Å²) in [6, 6.07) is 6.75. The van der Waals surface area contributed by atoms with Gasteiger partial charge in [-0.05, 0) is 48.3 Å². The van der Waals surface area contributed by atoms with Crippen molar-refractivity contribution in [2.45, 2.75) is 72.1 Å². The van der Waals surface area contributed by atoms with E-state index in [0.717, 1.165) is 32.1 Å². The summed E-state index contributed by atoms with van der Waals surface area (Å²) >= 11 is 0. The molecule has 1 heteroatoms. The number of hydrogen-bond donors (Lipinski definition) is 0. The van der Waals surface area contributed by atoms with Crippen LogP contribution in [0.1, 0.15) is 70.1 Å². The Morgan fingerprint density at radius 2 is 1.84 bits per heavy atom. The molecule has 106 valence electrons. The summed E-state index contributed by atoms with van der Waals surface area (Å²) in [6.07, 6.45) is 4.43. The van der Waals surface area contributed by atoms with Crippen LogP contribution in [0.4, 0.5) is 0 Å². The summed E-state index contributed by atoms with van der Waals surface area (Å²) in [5.74, 6) is 0.409. The fraction of sp³-hybridized carbons (Fsp3) is 0.611. The van der Waals surface area contributed by atoms with Crippen LogP contribution in [-0.4, -0.2) is 5.78 Å². The normalized spacial score (nSPS) is 11.6. The first-order valence-electron chi connectivity index (χ1n) is 7.46. The lowest BCUT2D eigenvalue weighted by atomic mass is 9.84. The summed E-state index contributed by atoms with van der Waals surface area (Å²) in [5, 5.41) is 0. The molecule has 1 aromatic carbocycles. The van der Waals surface area contributed by atoms with E-state index in [4.69, 9.17) is 0 Å². The maximum absolute atomic E-state index is 11.5. The average molecular weight is 260 g/mol. The first kappa shape index (κ1) is 15.9. The highest BCUT2D eigenvalue weighted by Gasteiger charge is 2.14. The van der Waals surface area contributed by atoms with Crippen LogP contribution in [0.25, 0.3) is 0 Å². The maximum atomic E-state index is 11.5. The SMILES string of the molecule is CCCC(=O)CCCc1cc(C(C)(C)C)ccc1C.